The summed E-state index contributed by atoms with van der Waals surface area (Å²) in [7, 11) is 0. The monoisotopic (exact) mass is 233 g/mol. The summed E-state index contributed by atoms with van der Waals surface area (Å²) in [6.07, 6.45) is 4.09. The molecule has 0 bridgehead atoms. The van der Waals surface area contributed by atoms with Crippen LogP contribution < -0.4 is 0 Å². The Balaban J connectivity index is 2.03. The summed E-state index contributed by atoms with van der Waals surface area (Å²) in [5.74, 6) is -0.751. The van der Waals surface area contributed by atoms with E-state index < -0.39 is 0 Å². The summed E-state index contributed by atoms with van der Waals surface area (Å²) in [4.78, 5) is 24.2. The van der Waals surface area contributed by atoms with Gasteiger partial charge in [0.05, 0.1) is 0 Å². The summed E-state index contributed by atoms with van der Waals surface area (Å²) in [5.41, 5.74) is 0.728. The molecule has 3 nitrogen and oxygen atoms in total. The molecule has 1 fully saturated rings. The van der Waals surface area contributed by atoms with Crippen LogP contribution in [-0.2, 0) is 9.59 Å². The number of halogens is 1. The van der Waals surface area contributed by atoms with Crippen molar-refractivity contribution in [2.75, 3.05) is 6.54 Å². The van der Waals surface area contributed by atoms with Gasteiger partial charge in [0.15, 0.2) is 0 Å². The van der Waals surface area contributed by atoms with Crippen molar-refractivity contribution >= 4 is 17.9 Å². The summed E-state index contributed by atoms with van der Waals surface area (Å²) >= 11 is 0. The Morgan fingerprint density at radius 1 is 1.29 bits per heavy atom. The number of likely N-dealkylation sites (tertiary alicyclic amines) is 1. The summed E-state index contributed by atoms with van der Waals surface area (Å²) in [5, 5.41) is 0. The first-order valence-corrected chi connectivity index (χ1v) is 5.45. The quantitative estimate of drug-likeness (QED) is 0.732. The maximum atomic E-state index is 12.6. The van der Waals surface area contributed by atoms with Gasteiger partial charge in [0, 0.05) is 19.0 Å². The van der Waals surface area contributed by atoms with E-state index in [0.717, 1.165) is 12.0 Å². The summed E-state index contributed by atoms with van der Waals surface area (Å²) in [6.45, 7) is 0.491. The van der Waals surface area contributed by atoms with Gasteiger partial charge in [-0.25, -0.2) is 4.39 Å². The molecule has 1 aromatic rings. The van der Waals surface area contributed by atoms with Gasteiger partial charge in [0.25, 0.3) is 5.91 Å². The van der Waals surface area contributed by atoms with Gasteiger partial charge in [0.2, 0.25) is 5.91 Å². The van der Waals surface area contributed by atoms with Crippen LogP contribution in [0, 0.1) is 5.82 Å². The molecular weight excluding hydrogens is 221 g/mol. The van der Waals surface area contributed by atoms with Crippen molar-refractivity contribution in [3.8, 4) is 0 Å². The van der Waals surface area contributed by atoms with Gasteiger partial charge in [-0.05, 0) is 30.2 Å². The average molecular weight is 233 g/mol. The molecule has 1 heterocycles. The molecule has 0 radical (unpaired) electrons. The van der Waals surface area contributed by atoms with E-state index in [1.165, 1.54) is 23.1 Å². The number of rotatable bonds is 2. The van der Waals surface area contributed by atoms with Crippen molar-refractivity contribution in [3.05, 3.63) is 41.7 Å². The number of benzene rings is 1. The third-order valence-corrected chi connectivity index (χ3v) is 2.63. The van der Waals surface area contributed by atoms with E-state index in [1.54, 1.807) is 18.2 Å². The zero-order chi connectivity index (χ0) is 12.3. The number of hydrogen-bond donors (Lipinski definition) is 0. The van der Waals surface area contributed by atoms with E-state index in [-0.39, 0.29) is 17.6 Å². The number of imide groups is 1. The topological polar surface area (TPSA) is 37.4 Å². The number of nitrogens with zero attached hydrogens (tertiary/aromatic N) is 1. The SMILES string of the molecule is O=C(/C=C/c1ccc(F)cc1)N1CCCC1=O. The fraction of sp³-hybridized carbons (Fsp3) is 0.231. The molecule has 1 aliphatic rings. The highest BCUT2D eigenvalue weighted by Crippen LogP contribution is 2.11. The molecule has 0 aliphatic carbocycles. The Morgan fingerprint density at radius 3 is 2.59 bits per heavy atom. The number of hydrogen-bond acceptors (Lipinski definition) is 2. The largest absolute Gasteiger partial charge is 0.279 e. The van der Waals surface area contributed by atoms with Gasteiger partial charge in [0.1, 0.15) is 5.82 Å². The lowest BCUT2D eigenvalue weighted by Crippen LogP contribution is -2.30. The Hall–Kier alpha value is -1.97. The van der Waals surface area contributed by atoms with Crippen LogP contribution in [-0.4, -0.2) is 23.3 Å². The van der Waals surface area contributed by atoms with E-state index >= 15 is 0 Å². The predicted molar refractivity (Wildman–Crippen MR) is 61.4 cm³/mol. The van der Waals surface area contributed by atoms with Crippen LogP contribution in [0.5, 0.6) is 0 Å². The normalized spacial score (nSPS) is 15.8. The van der Waals surface area contributed by atoms with E-state index in [1.807, 2.05) is 0 Å². The molecule has 1 aromatic carbocycles. The molecule has 0 aromatic heterocycles. The maximum Gasteiger partial charge on any atom is 0.253 e. The van der Waals surface area contributed by atoms with Crippen LogP contribution in [0.3, 0.4) is 0 Å². The van der Waals surface area contributed by atoms with E-state index in [4.69, 9.17) is 0 Å². The molecule has 4 heteroatoms. The van der Waals surface area contributed by atoms with Crippen LogP contribution in [0.1, 0.15) is 18.4 Å². The molecule has 2 rings (SSSR count). The average Bonchev–Trinajstić information content (AvgIpc) is 2.74. The third-order valence-electron chi connectivity index (χ3n) is 2.63. The fourth-order valence-corrected chi connectivity index (χ4v) is 1.71. The molecule has 17 heavy (non-hydrogen) atoms. The summed E-state index contributed by atoms with van der Waals surface area (Å²) < 4.78 is 12.6. The first-order chi connectivity index (χ1) is 8.16. The highest BCUT2D eigenvalue weighted by Gasteiger charge is 2.24. The van der Waals surface area contributed by atoms with E-state index in [9.17, 15) is 14.0 Å². The Labute approximate surface area is 98.5 Å². The highest BCUT2D eigenvalue weighted by molar-refractivity contribution is 6.03. The van der Waals surface area contributed by atoms with Crippen molar-refractivity contribution in [1.82, 2.24) is 4.90 Å². The van der Waals surface area contributed by atoms with E-state index in [0.29, 0.717) is 13.0 Å². The second kappa shape index (κ2) is 4.91. The molecule has 0 unspecified atom stereocenters. The molecule has 0 saturated carbocycles. The van der Waals surface area contributed by atoms with Gasteiger partial charge < -0.3 is 0 Å². The standard InChI is InChI=1S/C13H12FNO2/c14-11-6-3-10(4-7-11)5-8-13(17)15-9-1-2-12(15)16/h3-8H,1-2,9H2/b8-5+. The van der Waals surface area contributed by atoms with Crippen molar-refractivity contribution in [3.63, 3.8) is 0 Å². The molecule has 1 saturated heterocycles. The van der Waals surface area contributed by atoms with Crippen LogP contribution in [0.25, 0.3) is 6.08 Å². The Morgan fingerprint density at radius 2 is 2.00 bits per heavy atom. The second-order valence-corrected chi connectivity index (χ2v) is 3.87. The molecule has 2 amide bonds. The van der Waals surface area contributed by atoms with Crippen molar-refractivity contribution in [1.29, 1.82) is 0 Å². The first-order valence-electron chi connectivity index (χ1n) is 5.45. The van der Waals surface area contributed by atoms with E-state index in [2.05, 4.69) is 0 Å². The minimum atomic E-state index is -0.316. The smallest absolute Gasteiger partial charge is 0.253 e. The molecular formula is C13H12FNO2. The van der Waals surface area contributed by atoms with Crippen LogP contribution in [0.4, 0.5) is 4.39 Å². The molecule has 1 aliphatic heterocycles. The lowest BCUT2D eigenvalue weighted by atomic mass is 10.2. The van der Waals surface area contributed by atoms with Crippen LogP contribution in [0.15, 0.2) is 30.3 Å². The third kappa shape index (κ3) is 2.78. The Bertz CT molecular complexity index is 465. The maximum absolute atomic E-state index is 12.6. The van der Waals surface area contributed by atoms with Crippen molar-refractivity contribution in [2.45, 2.75) is 12.8 Å². The highest BCUT2D eigenvalue weighted by atomic mass is 19.1. The van der Waals surface area contributed by atoms with Gasteiger partial charge in [-0.1, -0.05) is 12.1 Å². The minimum absolute atomic E-state index is 0.126. The predicted octanol–water partition coefficient (Wildman–Crippen LogP) is 1.99. The number of carbonyl (C=O) groups is 2. The van der Waals surface area contributed by atoms with Crippen LogP contribution >= 0.6 is 0 Å². The van der Waals surface area contributed by atoms with Gasteiger partial charge in [-0.3, -0.25) is 14.5 Å². The molecule has 0 spiro atoms. The Kier molecular flexibility index (Phi) is 3.32. The lowest BCUT2D eigenvalue weighted by molar-refractivity contribution is -0.138. The van der Waals surface area contributed by atoms with Gasteiger partial charge >= 0.3 is 0 Å². The molecule has 0 N–H and O–H groups in total. The first kappa shape index (κ1) is 11.5. The van der Waals surface area contributed by atoms with Gasteiger partial charge in [-0.15, -0.1) is 0 Å². The fourth-order valence-electron chi connectivity index (χ4n) is 1.71. The van der Waals surface area contributed by atoms with Crippen molar-refractivity contribution < 1.29 is 14.0 Å². The lowest BCUT2D eigenvalue weighted by Gasteiger charge is -2.09. The van der Waals surface area contributed by atoms with Gasteiger partial charge in [-0.2, -0.15) is 0 Å². The minimum Gasteiger partial charge on any atom is -0.279 e. The zero-order valence-electron chi connectivity index (χ0n) is 9.23. The number of carbonyl (C=O) groups excluding carboxylic acids is 2. The number of amides is 2. The molecule has 0 atom stereocenters. The van der Waals surface area contributed by atoms with Crippen LogP contribution in [0.2, 0.25) is 0 Å². The zero-order valence-corrected chi connectivity index (χ0v) is 9.23. The van der Waals surface area contributed by atoms with Crippen molar-refractivity contribution in [2.24, 2.45) is 0 Å². The molecule has 88 valence electrons. The summed E-state index contributed by atoms with van der Waals surface area (Å²) in [6, 6.07) is 5.80. The second-order valence-electron chi connectivity index (χ2n) is 3.87.